The average Bonchev–Trinajstić information content (AvgIpc) is 2.49. The second-order valence-corrected chi connectivity index (χ2v) is 5.64. The molecule has 0 saturated carbocycles. The zero-order valence-corrected chi connectivity index (χ0v) is 12.7. The number of carbonyl (C=O) groups excluding carboxylic acids is 1. The van der Waals surface area contributed by atoms with Gasteiger partial charge in [-0.15, -0.1) is 0 Å². The van der Waals surface area contributed by atoms with E-state index >= 15 is 0 Å². The van der Waals surface area contributed by atoms with Crippen molar-refractivity contribution in [2.24, 2.45) is 5.92 Å². The Morgan fingerprint density at radius 1 is 1.38 bits per heavy atom. The lowest BCUT2D eigenvalue weighted by atomic mass is 10.2. The molecule has 1 fully saturated rings. The molecule has 1 saturated heterocycles. The van der Waals surface area contributed by atoms with Crippen LogP contribution in [0.2, 0.25) is 0 Å². The largest absolute Gasteiger partial charge is 0.488 e. The molecule has 1 amide bonds. The van der Waals surface area contributed by atoms with Gasteiger partial charge in [0.1, 0.15) is 6.54 Å². The summed E-state index contributed by atoms with van der Waals surface area (Å²) < 4.78 is 6.91. The van der Waals surface area contributed by atoms with Gasteiger partial charge in [0.25, 0.3) is 5.56 Å². The minimum absolute atomic E-state index is 0.0281. The first-order chi connectivity index (χ1) is 10.1. The molecule has 1 aliphatic heterocycles. The minimum atomic E-state index is -0.248. The molecule has 6 nitrogen and oxygen atoms in total. The number of rotatable bonds is 5. The van der Waals surface area contributed by atoms with Crippen LogP contribution in [0.4, 0.5) is 0 Å². The number of pyridine rings is 1. The van der Waals surface area contributed by atoms with E-state index in [1.807, 2.05) is 13.8 Å². The summed E-state index contributed by atoms with van der Waals surface area (Å²) in [5.41, 5.74) is -0.248. The van der Waals surface area contributed by atoms with E-state index in [4.69, 9.17) is 4.74 Å². The first kappa shape index (κ1) is 15.6. The number of amides is 1. The molecule has 1 aromatic heterocycles. The topological polar surface area (TPSA) is 63.6 Å². The summed E-state index contributed by atoms with van der Waals surface area (Å²) in [6, 6.07) is 3.39. The molecule has 2 rings (SSSR count). The van der Waals surface area contributed by atoms with Crippen molar-refractivity contribution in [2.75, 3.05) is 32.8 Å². The quantitative estimate of drug-likeness (QED) is 0.849. The molecule has 1 N–H and O–H groups in total. The van der Waals surface area contributed by atoms with Crippen molar-refractivity contribution in [2.45, 2.75) is 20.4 Å². The van der Waals surface area contributed by atoms with Crippen molar-refractivity contribution in [1.29, 1.82) is 0 Å². The van der Waals surface area contributed by atoms with Gasteiger partial charge in [0.2, 0.25) is 5.91 Å². The lowest BCUT2D eigenvalue weighted by Crippen LogP contribution is -2.48. The van der Waals surface area contributed by atoms with Crippen molar-refractivity contribution in [3.05, 3.63) is 28.7 Å². The number of carbonyl (C=O) groups is 1. The third kappa shape index (κ3) is 4.32. The highest BCUT2D eigenvalue weighted by molar-refractivity contribution is 5.76. The van der Waals surface area contributed by atoms with Gasteiger partial charge in [-0.2, -0.15) is 0 Å². The van der Waals surface area contributed by atoms with Crippen molar-refractivity contribution < 1.29 is 9.53 Å². The average molecular weight is 293 g/mol. The second kappa shape index (κ2) is 7.26. The summed E-state index contributed by atoms with van der Waals surface area (Å²) in [5, 5.41) is 3.20. The highest BCUT2D eigenvalue weighted by Crippen LogP contribution is 2.05. The summed E-state index contributed by atoms with van der Waals surface area (Å²) in [7, 11) is 0. The molecule has 1 aromatic rings. The fraction of sp³-hybridized carbons (Fsp3) is 0.600. The highest BCUT2D eigenvalue weighted by atomic mass is 16.5. The van der Waals surface area contributed by atoms with E-state index in [9.17, 15) is 9.59 Å². The van der Waals surface area contributed by atoms with Gasteiger partial charge in [-0.05, 0) is 18.1 Å². The number of aromatic nitrogens is 1. The van der Waals surface area contributed by atoms with Crippen LogP contribution in [0.5, 0.6) is 5.75 Å². The molecule has 116 valence electrons. The predicted octanol–water partition coefficient (Wildman–Crippen LogP) is 0.315. The second-order valence-electron chi connectivity index (χ2n) is 5.64. The highest BCUT2D eigenvalue weighted by Gasteiger charge is 2.17. The Labute approximate surface area is 124 Å². The van der Waals surface area contributed by atoms with E-state index in [1.165, 1.54) is 4.57 Å². The molecule has 0 unspecified atom stereocenters. The summed E-state index contributed by atoms with van der Waals surface area (Å²) >= 11 is 0. The zero-order chi connectivity index (χ0) is 15.2. The number of ether oxygens (including phenoxy) is 1. The van der Waals surface area contributed by atoms with E-state index in [2.05, 4.69) is 5.32 Å². The zero-order valence-electron chi connectivity index (χ0n) is 12.7. The Balaban J connectivity index is 2.04. The van der Waals surface area contributed by atoms with Gasteiger partial charge in [-0.1, -0.05) is 13.8 Å². The molecule has 2 heterocycles. The van der Waals surface area contributed by atoms with E-state index < -0.39 is 0 Å². The maximum atomic E-state index is 12.3. The van der Waals surface area contributed by atoms with Gasteiger partial charge in [0, 0.05) is 32.4 Å². The lowest BCUT2D eigenvalue weighted by molar-refractivity contribution is -0.132. The Morgan fingerprint density at radius 3 is 2.76 bits per heavy atom. The number of hydrogen-bond acceptors (Lipinski definition) is 4. The van der Waals surface area contributed by atoms with Crippen LogP contribution in [0.1, 0.15) is 13.8 Å². The normalized spacial score (nSPS) is 15.3. The molecule has 1 aliphatic rings. The third-order valence-corrected chi connectivity index (χ3v) is 3.33. The number of hydrogen-bond donors (Lipinski definition) is 1. The van der Waals surface area contributed by atoms with Crippen molar-refractivity contribution in [3.8, 4) is 5.75 Å². The summed E-state index contributed by atoms with van der Waals surface area (Å²) in [4.78, 5) is 26.2. The Morgan fingerprint density at radius 2 is 2.10 bits per heavy atom. The van der Waals surface area contributed by atoms with Gasteiger partial charge in [0.05, 0.1) is 6.61 Å². The summed E-state index contributed by atoms with van der Waals surface area (Å²) in [6.45, 7) is 7.60. The first-order valence-corrected chi connectivity index (χ1v) is 7.38. The van der Waals surface area contributed by atoms with E-state index in [0.717, 1.165) is 13.1 Å². The van der Waals surface area contributed by atoms with Gasteiger partial charge in [0.15, 0.2) is 5.75 Å². The van der Waals surface area contributed by atoms with Crippen LogP contribution in [-0.2, 0) is 11.3 Å². The molecule has 0 spiro atoms. The third-order valence-electron chi connectivity index (χ3n) is 3.33. The van der Waals surface area contributed by atoms with Crippen LogP contribution in [0.3, 0.4) is 0 Å². The van der Waals surface area contributed by atoms with E-state index in [1.54, 1.807) is 23.2 Å². The van der Waals surface area contributed by atoms with Crippen molar-refractivity contribution in [1.82, 2.24) is 14.8 Å². The standard InChI is InChI=1S/C15H23N3O3/c1-12(2)11-21-13-4-3-7-18(15(13)20)10-14(19)17-8-5-16-6-9-17/h3-4,7,12,16H,5-6,8-11H2,1-2H3. The van der Waals surface area contributed by atoms with Crippen LogP contribution >= 0.6 is 0 Å². The minimum Gasteiger partial charge on any atom is -0.488 e. The van der Waals surface area contributed by atoms with Gasteiger partial charge >= 0.3 is 0 Å². The molecule has 0 aliphatic carbocycles. The maximum absolute atomic E-state index is 12.3. The Bertz CT molecular complexity index is 533. The van der Waals surface area contributed by atoms with Crippen molar-refractivity contribution in [3.63, 3.8) is 0 Å². The maximum Gasteiger partial charge on any atom is 0.293 e. The molecule has 0 aromatic carbocycles. The summed E-state index contributed by atoms with van der Waals surface area (Å²) in [6.07, 6.45) is 1.63. The van der Waals surface area contributed by atoms with Crippen LogP contribution < -0.4 is 15.6 Å². The molecule has 0 atom stereocenters. The fourth-order valence-electron chi connectivity index (χ4n) is 2.17. The molecule has 6 heteroatoms. The van der Waals surface area contributed by atoms with Crippen molar-refractivity contribution >= 4 is 5.91 Å². The monoisotopic (exact) mass is 293 g/mol. The molecular weight excluding hydrogens is 270 g/mol. The first-order valence-electron chi connectivity index (χ1n) is 7.38. The lowest BCUT2D eigenvalue weighted by Gasteiger charge is -2.27. The molecular formula is C15H23N3O3. The number of nitrogens with zero attached hydrogens (tertiary/aromatic N) is 2. The van der Waals surface area contributed by atoms with Crippen LogP contribution in [0, 0.1) is 5.92 Å². The molecule has 21 heavy (non-hydrogen) atoms. The smallest absolute Gasteiger partial charge is 0.293 e. The number of piperazine rings is 1. The van der Waals surface area contributed by atoms with Crippen LogP contribution in [-0.4, -0.2) is 48.2 Å². The molecule has 0 radical (unpaired) electrons. The van der Waals surface area contributed by atoms with Crippen LogP contribution in [0.15, 0.2) is 23.1 Å². The Hall–Kier alpha value is -1.82. The van der Waals surface area contributed by atoms with Gasteiger partial charge in [-0.3, -0.25) is 9.59 Å². The van der Waals surface area contributed by atoms with Crippen LogP contribution in [0.25, 0.3) is 0 Å². The van der Waals surface area contributed by atoms with E-state index in [0.29, 0.717) is 31.4 Å². The van der Waals surface area contributed by atoms with Gasteiger partial charge in [-0.25, -0.2) is 0 Å². The number of nitrogens with one attached hydrogen (secondary N) is 1. The molecule has 0 bridgehead atoms. The SMILES string of the molecule is CC(C)COc1cccn(CC(=O)N2CCNCC2)c1=O. The summed E-state index contributed by atoms with van der Waals surface area (Å²) in [5.74, 6) is 0.624. The van der Waals surface area contributed by atoms with E-state index in [-0.39, 0.29) is 18.0 Å². The fourth-order valence-corrected chi connectivity index (χ4v) is 2.17. The van der Waals surface area contributed by atoms with Gasteiger partial charge < -0.3 is 19.5 Å². The predicted molar refractivity (Wildman–Crippen MR) is 80.5 cm³/mol. The Kier molecular flexibility index (Phi) is 5.38.